The summed E-state index contributed by atoms with van der Waals surface area (Å²) in [6.45, 7) is 0. The maximum absolute atomic E-state index is 12.6. The van der Waals surface area contributed by atoms with Gasteiger partial charge in [0.05, 0.1) is 17.6 Å². The second-order valence-corrected chi connectivity index (χ2v) is 3.41. The summed E-state index contributed by atoms with van der Waals surface area (Å²) < 4.78 is 64.6. The van der Waals surface area contributed by atoms with Crippen LogP contribution in [0.2, 0.25) is 5.15 Å². The lowest BCUT2D eigenvalue weighted by Crippen LogP contribution is -2.19. The van der Waals surface area contributed by atoms with E-state index in [1.807, 2.05) is 0 Å². The zero-order valence-electron chi connectivity index (χ0n) is 7.86. The van der Waals surface area contributed by atoms with Crippen LogP contribution < -0.4 is 4.74 Å². The predicted octanol–water partition coefficient (Wildman–Crippen LogP) is 4.31. The van der Waals surface area contributed by atoms with Crippen LogP contribution in [-0.4, -0.2) is 11.3 Å². The van der Waals surface area contributed by atoms with Gasteiger partial charge in [-0.2, -0.15) is 0 Å². The monoisotopic (exact) mass is 295 g/mol. The molecule has 0 spiro atoms. The Morgan fingerprint density at radius 2 is 1.94 bits per heavy atom. The van der Waals surface area contributed by atoms with Gasteiger partial charge >= 0.3 is 6.36 Å². The minimum atomic E-state index is -5.02. The quantitative estimate of drug-likeness (QED) is 0.471. The van der Waals surface area contributed by atoms with Crippen molar-refractivity contribution >= 4 is 23.2 Å². The molecule has 17 heavy (non-hydrogen) atoms. The minimum Gasteiger partial charge on any atom is -0.404 e. The number of alkyl halides is 6. The van der Waals surface area contributed by atoms with Crippen LogP contribution in [0, 0.1) is 0 Å². The first-order chi connectivity index (χ1) is 7.76. The summed E-state index contributed by atoms with van der Waals surface area (Å²) in [7, 11) is 0. The summed E-state index contributed by atoms with van der Waals surface area (Å²) >= 11 is 10.7. The zero-order chi connectivity index (χ0) is 13.2. The third-order valence-electron chi connectivity index (χ3n) is 1.72. The highest BCUT2D eigenvalue weighted by Crippen LogP contribution is 2.37. The van der Waals surface area contributed by atoms with Crippen LogP contribution in [0.3, 0.4) is 0 Å². The van der Waals surface area contributed by atoms with E-state index in [1.54, 1.807) is 0 Å². The van der Waals surface area contributed by atoms with Gasteiger partial charge < -0.3 is 4.74 Å². The van der Waals surface area contributed by atoms with Gasteiger partial charge in [0, 0.05) is 5.56 Å². The first-order valence-electron chi connectivity index (χ1n) is 4.03. The molecule has 0 radical (unpaired) electrons. The molecule has 1 rings (SSSR count). The van der Waals surface area contributed by atoms with Crippen molar-refractivity contribution in [3.05, 3.63) is 22.5 Å². The molecule has 0 fully saturated rings. The van der Waals surface area contributed by atoms with E-state index < -0.39 is 40.7 Å². The van der Waals surface area contributed by atoms with Gasteiger partial charge in [0.1, 0.15) is 5.15 Å². The molecule has 0 bridgehead atoms. The van der Waals surface area contributed by atoms with Crippen LogP contribution >= 0.6 is 23.2 Å². The first-order valence-corrected chi connectivity index (χ1v) is 4.94. The van der Waals surface area contributed by atoms with Crippen molar-refractivity contribution < 1.29 is 26.7 Å². The number of rotatable bonds is 3. The summed E-state index contributed by atoms with van der Waals surface area (Å²) in [4.78, 5) is 3.19. The number of halogens is 7. The smallest absolute Gasteiger partial charge is 0.404 e. The molecule has 0 aromatic carbocycles. The van der Waals surface area contributed by atoms with Gasteiger partial charge in [-0.3, -0.25) is 0 Å². The lowest BCUT2D eigenvalue weighted by molar-refractivity contribution is -0.275. The van der Waals surface area contributed by atoms with Crippen LogP contribution in [-0.2, 0) is 5.88 Å². The van der Waals surface area contributed by atoms with E-state index in [-0.39, 0.29) is 0 Å². The van der Waals surface area contributed by atoms with E-state index in [0.29, 0.717) is 6.20 Å². The Hall–Kier alpha value is -0.820. The van der Waals surface area contributed by atoms with Crippen molar-refractivity contribution in [3.63, 3.8) is 0 Å². The van der Waals surface area contributed by atoms with Gasteiger partial charge in [0.2, 0.25) is 0 Å². The lowest BCUT2D eigenvalue weighted by Gasteiger charge is -2.15. The topological polar surface area (TPSA) is 22.1 Å². The Morgan fingerprint density at radius 3 is 2.35 bits per heavy atom. The molecule has 1 heterocycles. The van der Waals surface area contributed by atoms with Crippen LogP contribution in [0.25, 0.3) is 0 Å². The molecular formula is C8H4Cl2F5NO. The van der Waals surface area contributed by atoms with Crippen molar-refractivity contribution in [1.29, 1.82) is 0 Å². The van der Waals surface area contributed by atoms with E-state index in [1.165, 1.54) is 0 Å². The van der Waals surface area contributed by atoms with Crippen molar-refractivity contribution in [2.24, 2.45) is 0 Å². The molecule has 1 aromatic rings. The number of hydrogen-bond acceptors (Lipinski definition) is 2. The standard InChI is InChI=1S/C8H4Cl2F5NO/c9-1-3-4(17-8(13,14)15)2-16-6(10)5(3)7(11)12/h2,7H,1H2. The molecule has 96 valence electrons. The number of ether oxygens (including phenoxy) is 1. The average molecular weight is 296 g/mol. The summed E-state index contributed by atoms with van der Waals surface area (Å²) in [5.41, 5.74) is -1.39. The van der Waals surface area contributed by atoms with Crippen LogP contribution in [0.5, 0.6) is 5.75 Å². The highest BCUT2D eigenvalue weighted by Gasteiger charge is 2.34. The van der Waals surface area contributed by atoms with Crippen molar-refractivity contribution in [2.75, 3.05) is 0 Å². The van der Waals surface area contributed by atoms with Gasteiger partial charge in [0.15, 0.2) is 5.75 Å². The van der Waals surface area contributed by atoms with Crippen LogP contribution in [0.1, 0.15) is 17.6 Å². The second kappa shape index (κ2) is 5.22. The van der Waals surface area contributed by atoms with E-state index in [2.05, 4.69) is 9.72 Å². The van der Waals surface area contributed by atoms with Crippen molar-refractivity contribution in [2.45, 2.75) is 18.7 Å². The van der Waals surface area contributed by atoms with Gasteiger partial charge in [-0.05, 0) is 0 Å². The molecule has 0 aliphatic rings. The summed E-state index contributed by atoms with van der Waals surface area (Å²) in [6, 6.07) is 0. The molecule has 0 unspecified atom stereocenters. The summed E-state index contributed by atoms with van der Waals surface area (Å²) in [5.74, 6) is -1.49. The Labute approximate surface area is 102 Å². The number of pyridine rings is 1. The fourth-order valence-corrected chi connectivity index (χ4v) is 1.61. The highest BCUT2D eigenvalue weighted by molar-refractivity contribution is 6.30. The Kier molecular flexibility index (Phi) is 4.37. The molecule has 9 heteroatoms. The van der Waals surface area contributed by atoms with Crippen LogP contribution in [0.4, 0.5) is 22.0 Å². The largest absolute Gasteiger partial charge is 0.573 e. The third kappa shape index (κ3) is 3.57. The maximum atomic E-state index is 12.6. The van der Waals surface area contributed by atoms with Gasteiger partial charge in [-0.25, -0.2) is 13.8 Å². The Bertz CT molecular complexity index is 410. The molecule has 0 atom stereocenters. The lowest BCUT2D eigenvalue weighted by atomic mass is 10.1. The summed E-state index contributed by atoms with van der Waals surface area (Å²) in [5, 5.41) is -0.606. The molecule has 1 aromatic heterocycles. The average Bonchev–Trinajstić information content (AvgIpc) is 2.17. The van der Waals surface area contributed by atoms with E-state index >= 15 is 0 Å². The Morgan fingerprint density at radius 1 is 1.35 bits per heavy atom. The van der Waals surface area contributed by atoms with Crippen molar-refractivity contribution in [3.8, 4) is 5.75 Å². The number of hydrogen-bond donors (Lipinski definition) is 0. The molecule has 0 aliphatic heterocycles. The number of nitrogens with zero attached hydrogens (tertiary/aromatic N) is 1. The molecule has 0 N–H and O–H groups in total. The maximum Gasteiger partial charge on any atom is 0.573 e. The SMILES string of the molecule is FC(F)c1c(Cl)ncc(OC(F)(F)F)c1CCl. The molecule has 0 saturated carbocycles. The highest BCUT2D eigenvalue weighted by atomic mass is 35.5. The normalized spacial score (nSPS) is 12.0. The van der Waals surface area contributed by atoms with Gasteiger partial charge in [-0.15, -0.1) is 24.8 Å². The predicted molar refractivity (Wildman–Crippen MR) is 50.4 cm³/mol. The van der Waals surface area contributed by atoms with E-state index in [0.717, 1.165) is 0 Å². The minimum absolute atomic E-state index is 0.529. The fraction of sp³-hybridized carbons (Fsp3) is 0.375. The molecule has 0 aliphatic carbocycles. The van der Waals surface area contributed by atoms with E-state index in [4.69, 9.17) is 23.2 Å². The zero-order valence-corrected chi connectivity index (χ0v) is 9.37. The number of aromatic nitrogens is 1. The van der Waals surface area contributed by atoms with Gasteiger partial charge in [-0.1, -0.05) is 11.6 Å². The summed E-state index contributed by atoms with van der Waals surface area (Å²) in [6.07, 6.45) is -7.52. The molecule has 2 nitrogen and oxygen atoms in total. The Balaban J connectivity index is 3.28. The molecule has 0 saturated heterocycles. The second-order valence-electron chi connectivity index (χ2n) is 2.79. The molecule has 0 amide bonds. The van der Waals surface area contributed by atoms with E-state index in [9.17, 15) is 22.0 Å². The van der Waals surface area contributed by atoms with Gasteiger partial charge in [0.25, 0.3) is 6.43 Å². The fourth-order valence-electron chi connectivity index (χ4n) is 1.09. The third-order valence-corrected chi connectivity index (χ3v) is 2.29. The first kappa shape index (κ1) is 14.2. The van der Waals surface area contributed by atoms with Crippen LogP contribution in [0.15, 0.2) is 6.20 Å². The van der Waals surface area contributed by atoms with Crippen molar-refractivity contribution in [1.82, 2.24) is 4.98 Å². The molecular weight excluding hydrogens is 292 g/mol.